The van der Waals surface area contributed by atoms with Crippen molar-refractivity contribution in [2.75, 3.05) is 27.2 Å². The molecule has 1 aliphatic carbocycles. The third-order valence-corrected chi connectivity index (χ3v) is 3.24. The van der Waals surface area contributed by atoms with Crippen LogP contribution in [0, 0.1) is 5.92 Å². The molecule has 0 amide bonds. The maximum Gasteiger partial charge on any atom is 0.193 e. The molecule has 1 N–H and O–H groups in total. The number of guanidine groups is 1. The lowest BCUT2D eigenvalue weighted by atomic mass is 10.2. The summed E-state index contributed by atoms with van der Waals surface area (Å²) >= 11 is 0. The molecule has 1 rings (SSSR count). The van der Waals surface area contributed by atoms with Crippen molar-refractivity contribution in [3.63, 3.8) is 0 Å². The SMILES string of the molecule is C=CCCCN(C)C(=NC)NCCCC1CC1. The van der Waals surface area contributed by atoms with Gasteiger partial charge in [0.25, 0.3) is 0 Å². The molecule has 0 aromatic carbocycles. The van der Waals surface area contributed by atoms with E-state index in [9.17, 15) is 0 Å². The van der Waals surface area contributed by atoms with E-state index in [1.165, 1.54) is 25.7 Å². The third-order valence-electron chi connectivity index (χ3n) is 3.24. The first-order chi connectivity index (χ1) is 8.27. The van der Waals surface area contributed by atoms with Gasteiger partial charge in [0.1, 0.15) is 0 Å². The summed E-state index contributed by atoms with van der Waals surface area (Å²) in [4.78, 5) is 6.50. The summed E-state index contributed by atoms with van der Waals surface area (Å²) in [6.07, 6.45) is 9.74. The van der Waals surface area contributed by atoms with Crippen LogP contribution in [0.1, 0.15) is 38.5 Å². The zero-order chi connectivity index (χ0) is 12.5. The average molecular weight is 237 g/mol. The van der Waals surface area contributed by atoms with Crippen LogP contribution in [0.2, 0.25) is 0 Å². The Hall–Kier alpha value is -0.990. The highest BCUT2D eigenvalue weighted by molar-refractivity contribution is 5.79. The fourth-order valence-electron chi connectivity index (χ4n) is 1.96. The molecule has 0 aromatic rings. The molecule has 1 fully saturated rings. The zero-order valence-corrected chi connectivity index (χ0v) is 11.4. The van der Waals surface area contributed by atoms with Gasteiger partial charge in [-0.15, -0.1) is 6.58 Å². The van der Waals surface area contributed by atoms with E-state index in [4.69, 9.17) is 0 Å². The first-order valence-corrected chi connectivity index (χ1v) is 6.80. The molecule has 0 atom stereocenters. The van der Waals surface area contributed by atoms with Gasteiger partial charge in [0.2, 0.25) is 0 Å². The van der Waals surface area contributed by atoms with Crippen LogP contribution in [0.4, 0.5) is 0 Å². The van der Waals surface area contributed by atoms with Crippen molar-refractivity contribution in [3.8, 4) is 0 Å². The minimum atomic E-state index is 1.02. The molecule has 0 spiro atoms. The molecule has 98 valence electrons. The van der Waals surface area contributed by atoms with Crippen LogP contribution >= 0.6 is 0 Å². The van der Waals surface area contributed by atoms with Crippen molar-refractivity contribution in [2.24, 2.45) is 10.9 Å². The van der Waals surface area contributed by atoms with Crippen LogP contribution < -0.4 is 5.32 Å². The minimum Gasteiger partial charge on any atom is -0.356 e. The van der Waals surface area contributed by atoms with Gasteiger partial charge in [0.15, 0.2) is 5.96 Å². The van der Waals surface area contributed by atoms with E-state index >= 15 is 0 Å². The number of allylic oxidation sites excluding steroid dienone is 1. The quantitative estimate of drug-likeness (QED) is 0.304. The monoisotopic (exact) mass is 237 g/mol. The maximum absolute atomic E-state index is 4.30. The topological polar surface area (TPSA) is 27.6 Å². The molecule has 3 heteroatoms. The van der Waals surface area contributed by atoms with E-state index in [1.807, 2.05) is 13.1 Å². The Balaban J connectivity index is 2.09. The molecule has 0 heterocycles. The highest BCUT2D eigenvalue weighted by Gasteiger charge is 2.20. The van der Waals surface area contributed by atoms with Crippen LogP contribution in [-0.4, -0.2) is 38.0 Å². The largest absolute Gasteiger partial charge is 0.356 e. The van der Waals surface area contributed by atoms with Crippen LogP contribution in [0.15, 0.2) is 17.6 Å². The van der Waals surface area contributed by atoms with E-state index < -0.39 is 0 Å². The molecule has 1 saturated carbocycles. The van der Waals surface area contributed by atoms with Gasteiger partial charge in [-0.3, -0.25) is 4.99 Å². The van der Waals surface area contributed by atoms with E-state index in [0.717, 1.165) is 37.8 Å². The lowest BCUT2D eigenvalue weighted by Gasteiger charge is -2.21. The predicted octanol–water partition coefficient (Wildman–Crippen LogP) is 2.65. The lowest BCUT2D eigenvalue weighted by Crippen LogP contribution is -2.39. The number of nitrogens with zero attached hydrogens (tertiary/aromatic N) is 2. The Morgan fingerprint density at radius 3 is 2.82 bits per heavy atom. The van der Waals surface area contributed by atoms with Crippen LogP contribution in [-0.2, 0) is 0 Å². The predicted molar refractivity (Wildman–Crippen MR) is 75.4 cm³/mol. The average Bonchev–Trinajstić information content (AvgIpc) is 3.13. The van der Waals surface area contributed by atoms with Crippen molar-refractivity contribution in [1.29, 1.82) is 0 Å². The molecule has 3 nitrogen and oxygen atoms in total. The molecule has 1 aliphatic rings. The molecule has 0 radical (unpaired) electrons. The summed E-state index contributed by atoms with van der Waals surface area (Å²) in [6.45, 7) is 5.83. The van der Waals surface area contributed by atoms with Crippen molar-refractivity contribution >= 4 is 5.96 Å². The Morgan fingerprint density at radius 1 is 1.47 bits per heavy atom. The van der Waals surface area contributed by atoms with E-state index in [-0.39, 0.29) is 0 Å². The molecular formula is C14H27N3. The Morgan fingerprint density at radius 2 is 2.24 bits per heavy atom. The second-order valence-electron chi connectivity index (χ2n) is 4.91. The van der Waals surface area contributed by atoms with Gasteiger partial charge in [-0.2, -0.15) is 0 Å². The van der Waals surface area contributed by atoms with Gasteiger partial charge < -0.3 is 10.2 Å². The van der Waals surface area contributed by atoms with Gasteiger partial charge in [-0.05, 0) is 31.6 Å². The fourth-order valence-corrected chi connectivity index (χ4v) is 1.96. The minimum absolute atomic E-state index is 1.02. The van der Waals surface area contributed by atoms with Crippen molar-refractivity contribution < 1.29 is 0 Å². The standard InChI is InChI=1S/C14H27N3/c1-4-5-6-12-17(3)14(15-2)16-11-7-8-13-9-10-13/h4,13H,1,5-12H2,2-3H3,(H,15,16). The number of unbranched alkanes of at least 4 members (excludes halogenated alkanes) is 1. The summed E-state index contributed by atoms with van der Waals surface area (Å²) in [5, 5.41) is 3.43. The molecule has 0 aliphatic heterocycles. The van der Waals surface area contributed by atoms with Crippen LogP contribution in [0.3, 0.4) is 0 Å². The summed E-state index contributed by atoms with van der Waals surface area (Å²) in [5.41, 5.74) is 0. The summed E-state index contributed by atoms with van der Waals surface area (Å²) in [6, 6.07) is 0. The highest BCUT2D eigenvalue weighted by atomic mass is 15.3. The molecule has 0 saturated heterocycles. The highest BCUT2D eigenvalue weighted by Crippen LogP contribution is 2.33. The van der Waals surface area contributed by atoms with E-state index in [1.54, 1.807) is 0 Å². The smallest absolute Gasteiger partial charge is 0.193 e. The zero-order valence-electron chi connectivity index (χ0n) is 11.4. The van der Waals surface area contributed by atoms with E-state index in [0.29, 0.717) is 0 Å². The number of aliphatic imine (C=N–C) groups is 1. The van der Waals surface area contributed by atoms with Crippen LogP contribution in [0.5, 0.6) is 0 Å². The summed E-state index contributed by atoms with van der Waals surface area (Å²) in [7, 11) is 3.95. The summed E-state index contributed by atoms with van der Waals surface area (Å²) < 4.78 is 0. The van der Waals surface area contributed by atoms with Crippen molar-refractivity contribution in [1.82, 2.24) is 10.2 Å². The normalized spacial score (nSPS) is 15.8. The first kappa shape index (κ1) is 14.1. The number of hydrogen-bond acceptors (Lipinski definition) is 1. The number of hydrogen-bond donors (Lipinski definition) is 1. The molecule has 0 unspecified atom stereocenters. The Kier molecular flexibility index (Phi) is 6.75. The second kappa shape index (κ2) is 8.15. The molecular weight excluding hydrogens is 210 g/mol. The Bertz CT molecular complexity index is 244. The number of rotatable bonds is 8. The molecule has 0 aromatic heterocycles. The van der Waals surface area contributed by atoms with Gasteiger partial charge >= 0.3 is 0 Å². The molecule has 0 bridgehead atoms. The third kappa shape index (κ3) is 6.35. The lowest BCUT2D eigenvalue weighted by molar-refractivity contribution is 0.467. The second-order valence-corrected chi connectivity index (χ2v) is 4.91. The van der Waals surface area contributed by atoms with Crippen molar-refractivity contribution in [3.05, 3.63) is 12.7 Å². The van der Waals surface area contributed by atoms with Gasteiger partial charge in [0, 0.05) is 27.2 Å². The maximum atomic E-state index is 4.30. The first-order valence-electron chi connectivity index (χ1n) is 6.80. The van der Waals surface area contributed by atoms with Gasteiger partial charge in [-0.1, -0.05) is 18.9 Å². The van der Waals surface area contributed by atoms with Crippen LogP contribution in [0.25, 0.3) is 0 Å². The number of nitrogens with one attached hydrogen (secondary N) is 1. The molecule has 17 heavy (non-hydrogen) atoms. The Labute approximate surface area is 106 Å². The van der Waals surface area contributed by atoms with Gasteiger partial charge in [0.05, 0.1) is 0 Å². The van der Waals surface area contributed by atoms with Gasteiger partial charge in [-0.25, -0.2) is 0 Å². The summed E-state index contributed by atoms with van der Waals surface area (Å²) in [5.74, 6) is 2.05. The van der Waals surface area contributed by atoms with Crippen molar-refractivity contribution in [2.45, 2.75) is 38.5 Å². The van der Waals surface area contributed by atoms with E-state index in [2.05, 4.69) is 28.8 Å². The fraction of sp³-hybridized carbons (Fsp3) is 0.786.